The summed E-state index contributed by atoms with van der Waals surface area (Å²) in [6.07, 6.45) is 0.292. The Hall–Kier alpha value is -1.63. The van der Waals surface area contributed by atoms with Crippen LogP contribution in [0.15, 0.2) is 30.3 Å². The van der Waals surface area contributed by atoms with E-state index in [4.69, 9.17) is 10.5 Å². The second-order valence-electron chi connectivity index (χ2n) is 4.81. The molecule has 116 valence electrons. The Labute approximate surface area is 130 Å². The monoisotopic (exact) mass is 313 g/mol. The number of nitrogens with zero attached hydrogens (tertiary/aromatic N) is 1. The highest BCUT2D eigenvalue weighted by molar-refractivity contribution is 5.97. The van der Waals surface area contributed by atoms with Crippen LogP contribution >= 0.6 is 12.4 Å². The largest absolute Gasteiger partial charge is 0.383 e. The zero-order valence-electron chi connectivity index (χ0n) is 11.8. The van der Waals surface area contributed by atoms with Gasteiger partial charge >= 0.3 is 0 Å². The lowest BCUT2D eigenvalue weighted by molar-refractivity contribution is -0.124. The third-order valence-electron chi connectivity index (χ3n) is 3.22. The molecule has 0 spiro atoms. The van der Waals surface area contributed by atoms with Crippen LogP contribution < -0.4 is 16.0 Å². The van der Waals surface area contributed by atoms with Crippen LogP contribution in [-0.4, -0.2) is 44.2 Å². The number of rotatable bonds is 5. The predicted molar refractivity (Wildman–Crippen MR) is 82.4 cm³/mol. The van der Waals surface area contributed by atoms with E-state index in [1.54, 1.807) is 4.90 Å². The summed E-state index contributed by atoms with van der Waals surface area (Å²) in [5.74, 6) is -0.290. The molecule has 2 amide bonds. The Morgan fingerprint density at radius 3 is 2.76 bits per heavy atom. The molecule has 2 unspecified atom stereocenters. The normalized spacial score (nSPS) is 19.0. The van der Waals surface area contributed by atoms with Crippen molar-refractivity contribution in [2.24, 2.45) is 5.73 Å². The number of nitrogens with one attached hydrogen (secondary N) is 1. The molecule has 2 rings (SSSR count). The van der Waals surface area contributed by atoms with Crippen LogP contribution in [0.4, 0.5) is 5.69 Å². The molecule has 7 heteroatoms. The summed E-state index contributed by atoms with van der Waals surface area (Å²) in [5.41, 5.74) is 6.49. The topological polar surface area (TPSA) is 84.7 Å². The Morgan fingerprint density at radius 1 is 1.48 bits per heavy atom. The lowest BCUT2D eigenvalue weighted by Crippen LogP contribution is -2.48. The van der Waals surface area contributed by atoms with E-state index < -0.39 is 6.04 Å². The van der Waals surface area contributed by atoms with Crippen LogP contribution in [0.25, 0.3) is 0 Å². The molecule has 6 nitrogen and oxygen atoms in total. The van der Waals surface area contributed by atoms with Crippen LogP contribution in [0.2, 0.25) is 0 Å². The molecule has 1 aliphatic rings. The van der Waals surface area contributed by atoms with E-state index in [2.05, 4.69) is 5.32 Å². The van der Waals surface area contributed by atoms with Gasteiger partial charge in [-0.1, -0.05) is 18.2 Å². The number of carbonyl (C=O) groups excluding carboxylic acids is 2. The molecule has 0 saturated carbocycles. The second kappa shape index (κ2) is 7.97. The summed E-state index contributed by atoms with van der Waals surface area (Å²) in [6, 6.07) is 8.48. The van der Waals surface area contributed by atoms with Crippen molar-refractivity contribution in [1.29, 1.82) is 0 Å². The zero-order chi connectivity index (χ0) is 14.5. The lowest BCUT2D eigenvalue weighted by atomic mass is 10.2. The van der Waals surface area contributed by atoms with Crippen molar-refractivity contribution >= 4 is 29.9 Å². The predicted octanol–water partition coefficient (Wildman–Crippen LogP) is 0.304. The molecular weight excluding hydrogens is 294 g/mol. The van der Waals surface area contributed by atoms with E-state index in [9.17, 15) is 9.59 Å². The minimum absolute atomic E-state index is 0. The molecule has 1 aromatic carbocycles. The van der Waals surface area contributed by atoms with E-state index in [0.29, 0.717) is 13.0 Å². The van der Waals surface area contributed by atoms with Crippen molar-refractivity contribution in [2.75, 3.05) is 25.2 Å². The average Bonchev–Trinajstić information content (AvgIpc) is 2.80. The van der Waals surface area contributed by atoms with E-state index in [1.165, 1.54) is 7.11 Å². The van der Waals surface area contributed by atoms with Gasteiger partial charge < -0.3 is 20.7 Å². The minimum Gasteiger partial charge on any atom is -0.383 e. The third-order valence-corrected chi connectivity index (χ3v) is 3.22. The fourth-order valence-corrected chi connectivity index (χ4v) is 2.23. The van der Waals surface area contributed by atoms with E-state index in [0.717, 1.165) is 5.69 Å². The van der Waals surface area contributed by atoms with Crippen molar-refractivity contribution in [2.45, 2.75) is 18.5 Å². The fourth-order valence-electron chi connectivity index (χ4n) is 2.23. The second-order valence-corrected chi connectivity index (χ2v) is 4.81. The number of nitrogens with two attached hydrogens (primary N) is 1. The Bertz CT molecular complexity index is 484. The lowest BCUT2D eigenvalue weighted by Gasteiger charge is -2.18. The first kappa shape index (κ1) is 17.4. The minimum atomic E-state index is -0.708. The van der Waals surface area contributed by atoms with Gasteiger partial charge in [0.15, 0.2) is 0 Å². The maximum absolute atomic E-state index is 12.0. The van der Waals surface area contributed by atoms with Gasteiger partial charge in [-0.2, -0.15) is 0 Å². The maximum atomic E-state index is 12.0. The molecule has 1 saturated heterocycles. The molecular formula is C14H20ClN3O3. The highest BCUT2D eigenvalue weighted by atomic mass is 35.5. The number of anilines is 1. The fraction of sp³-hybridized carbons (Fsp3) is 0.429. The third kappa shape index (κ3) is 4.42. The Kier molecular flexibility index (Phi) is 6.61. The standard InChI is InChI=1S/C14H19N3O3.ClH/c1-20-9-12(15)14(19)16-10-7-13(18)17(8-10)11-5-3-2-4-6-11;/h2-6,10,12H,7-9,15H2,1H3,(H,16,19);1H. The molecule has 0 aromatic heterocycles. The first-order valence-corrected chi connectivity index (χ1v) is 6.52. The molecule has 1 heterocycles. The highest BCUT2D eigenvalue weighted by Gasteiger charge is 2.32. The number of para-hydroxylation sites is 1. The van der Waals surface area contributed by atoms with Gasteiger partial charge in [0.1, 0.15) is 6.04 Å². The zero-order valence-corrected chi connectivity index (χ0v) is 12.6. The molecule has 1 fully saturated rings. The smallest absolute Gasteiger partial charge is 0.239 e. The number of hydrogen-bond acceptors (Lipinski definition) is 4. The van der Waals surface area contributed by atoms with Crippen LogP contribution in [0.1, 0.15) is 6.42 Å². The maximum Gasteiger partial charge on any atom is 0.239 e. The first-order chi connectivity index (χ1) is 9.61. The number of hydrogen-bond donors (Lipinski definition) is 2. The van der Waals surface area contributed by atoms with Crippen LogP contribution in [0, 0.1) is 0 Å². The number of carbonyl (C=O) groups is 2. The SMILES string of the molecule is COCC(N)C(=O)NC1CC(=O)N(c2ccccc2)C1.Cl. The highest BCUT2D eigenvalue weighted by Crippen LogP contribution is 2.20. The van der Waals surface area contributed by atoms with Gasteiger partial charge in [-0.05, 0) is 12.1 Å². The molecule has 0 radical (unpaired) electrons. The quantitative estimate of drug-likeness (QED) is 0.819. The molecule has 1 aliphatic heterocycles. The van der Waals surface area contributed by atoms with Crippen molar-refractivity contribution < 1.29 is 14.3 Å². The van der Waals surface area contributed by atoms with Crippen molar-refractivity contribution in [3.8, 4) is 0 Å². The van der Waals surface area contributed by atoms with Gasteiger partial charge in [0.25, 0.3) is 0 Å². The van der Waals surface area contributed by atoms with Crippen LogP contribution in [-0.2, 0) is 14.3 Å². The van der Waals surface area contributed by atoms with E-state index >= 15 is 0 Å². The van der Waals surface area contributed by atoms with Crippen LogP contribution in [0.3, 0.4) is 0 Å². The van der Waals surface area contributed by atoms with Gasteiger partial charge in [-0.15, -0.1) is 12.4 Å². The Balaban J connectivity index is 0.00000220. The number of benzene rings is 1. The number of ether oxygens (including phenoxy) is 1. The van der Waals surface area contributed by atoms with Gasteiger partial charge in [-0.25, -0.2) is 0 Å². The molecule has 3 N–H and O–H groups in total. The summed E-state index contributed by atoms with van der Waals surface area (Å²) in [4.78, 5) is 25.4. The number of methoxy groups -OCH3 is 1. The summed E-state index contributed by atoms with van der Waals surface area (Å²) in [7, 11) is 1.49. The van der Waals surface area contributed by atoms with Gasteiger partial charge in [0.2, 0.25) is 11.8 Å². The molecule has 0 aliphatic carbocycles. The molecule has 21 heavy (non-hydrogen) atoms. The molecule has 2 atom stereocenters. The Morgan fingerprint density at radius 2 is 2.14 bits per heavy atom. The summed E-state index contributed by atoms with van der Waals surface area (Å²) >= 11 is 0. The van der Waals surface area contributed by atoms with Gasteiger partial charge in [0, 0.05) is 25.8 Å². The van der Waals surface area contributed by atoms with Gasteiger partial charge in [-0.3, -0.25) is 9.59 Å². The van der Waals surface area contributed by atoms with Crippen molar-refractivity contribution in [3.63, 3.8) is 0 Å². The molecule has 1 aromatic rings. The summed E-state index contributed by atoms with van der Waals surface area (Å²) in [5, 5.41) is 2.79. The summed E-state index contributed by atoms with van der Waals surface area (Å²) in [6.45, 7) is 0.628. The summed E-state index contributed by atoms with van der Waals surface area (Å²) < 4.78 is 4.84. The number of halogens is 1. The van der Waals surface area contributed by atoms with E-state index in [-0.39, 0.29) is 36.9 Å². The first-order valence-electron chi connectivity index (χ1n) is 6.52. The molecule has 0 bridgehead atoms. The average molecular weight is 314 g/mol. The van der Waals surface area contributed by atoms with Gasteiger partial charge in [0.05, 0.1) is 12.6 Å². The van der Waals surface area contributed by atoms with E-state index in [1.807, 2.05) is 30.3 Å². The van der Waals surface area contributed by atoms with Crippen LogP contribution in [0.5, 0.6) is 0 Å². The van der Waals surface area contributed by atoms with Crippen molar-refractivity contribution in [1.82, 2.24) is 5.32 Å². The number of amides is 2. The van der Waals surface area contributed by atoms with Crippen molar-refractivity contribution in [3.05, 3.63) is 30.3 Å².